The van der Waals surface area contributed by atoms with Crippen LogP contribution in [-0.2, 0) is 17.5 Å². The van der Waals surface area contributed by atoms with E-state index in [0.717, 1.165) is 12.1 Å². The third-order valence-corrected chi connectivity index (χ3v) is 4.03. The van der Waals surface area contributed by atoms with E-state index in [9.17, 15) is 18.0 Å². The summed E-state index contributed by atoms with van der Waals surface area (Å²) in [6, 6.07) is 5.21. The van der Waals surface area contributed by atoms with E-state index in [4.69, 9.17) is 0 Å². The van der Waals surface area contributed by atoms with Crippen LogP contribution in [0.25, 0.3) is 0 Å². The summed E-state index contributed by atoms with van der Waals surface area (Å²) < 4.78 is 38.4. The Labute approximate surface area is 168 Å². The predicted molar refractivity (Wildman–Crippen MR) is 106 cm³/mol. The third-order valence-electron chi connectivity index (χ3n) is 4.03. The van der Waals surface area contributed by atoms with E-state index in [1.165, 1.54) is 6.07 Å². The Kier molecular flexibility index (Phi) is 8.65. The van der Waals surface area contributed by atoms with Gasteiger partial charge in [-0.15, -0.1) is 24.0 Å². The normalized spacial score (nSPS) is 15.5. The Bertz CT molecular complexity index is 629. The highest BCUT2D eigenvalue weighted by atomic mass is 127. The van der Waals surface area contributed by atoms with Gasteiger partial charge in [0.25, 0.3) is 0 Å². The van der Waals surface area contributed by atoms with Crippen molar-refractivity contribution in [2.45, 2.75) is 26.6 Å². The molecular formula is C17H24F3IN4O. The van der Waals surface area contributed by atoms with Gasteiger partial charge in [0.2, 0.25) is 5.91 Å². The van der Waals surface area contributed by atoms with Gasteiger partial charge in [0, 0.05) is 39.6 Å². The molecule has 26 heavy (non-hydrogen) atoms. The second-order valence-electron chi connectivity index (χ2n) is 5.86. The van der Waals surface area contributed by atoms with Crippen LogP contribution in [0.15, 0.2) is 29.3 Å². The van der Waals surface area contributed by atoms with E-state index in [2.05, 4.69) is 10.3 Å². The highest BCUT2D eigenvalue weighted by molar-refractivity contribution is 14.0. The van der Waals surface area contributed by atoms with Crippen LogP contribution in [0.5, 0.6) is 0 Å². The molecule has 0 aromatic heterocycles. The molecule has 0 spiro atoms. The fourth-order valence-electron chi connectivity index (χ4n) is 2.67. The molecule has 1 aliphatic rings. The minimum atomic E-state index is -4.35. The fourth-order valence-corrected chi connectivity index (χ4v) is 2.67. The van der Waals surface area contributed by atoms with Crippen molar-refractivity contribution in [1.29, 1.82) is 0 Å². The molecule has 0 atom stereocenters. The Morgan fingerprint density at radius 2 is 1.81 bits per heavy atom. The van der Waals surface area contributed by atoms with Gasteiger partial charge in [-0.3, -0.25) is 4.79 Å². The number of guanidine groups is 1. The molecule has 1 N–H and O–H groups in total. The number of hydrogen-bond acceptors (Lipinski definition) is 2. The maximum atomic E-state index is 12.8. The smallest absolute Gasteiger partial charge is 0.357 e. The molecule has 146 valence electrons. The summed E-state index contributed by atoms with van der Waals surface area (Å²) in [6.45, 7) is 6.83. The lowest BCUT2D eigenvalue weighted by Gasteiger charge is -2.36. The Hall–Kier alpha value is -1.52. The second kappa shape index (κ2) is 9.98. The van der Waals surface area contributed by atoms with Gasteiger partial charge >= 0.3 is 6.18 Å². The lowest BCUT2D eigenvalue weighted by molar-refractivity contribution is -0.137. The SMILES string of the molecule is CCNC(=NCc1cccc(C(F)(F)F)c1)N1CCN(C(C)=O)CC1.I. The minimum Gasteiger partial charge on any atom is -0.357 e. The van der Waals surface area contributed by atoms with Gasteiger partial charge in [0.1, 0.15) is 0 Å². The molecule has 1 saturated heterocycles. The predicted octanol–water partition coefficient (Wildman–Crippen LogP) is 2.95. The van der Waals surface area contributed by atoms with Crippen LogP contribution in [0.4, 0.5) is 13.2 Å². The summed E-state index contributed by atoms with van der Waals surface area (Å²) in [4.78, 5) is 19.7. The number of nitrogens with one attached hydrogen (secondary N) is 1. The van der Waals surface area contributed by atoms with Crippen molar-refractivity contribution in [2.24, 2.45) is 4.99 Å². The fraction of sp³-hybridized carbons (Fsp3) is 0.529. The molecule has 0 radical (unpaired) electrons. The van der Waals surface area contributed by atoms with E-state index < -0.39 is 11.7 Å². The third kappa shape index (κ3) is 6.33. The number of benzene rings is 1. The second-order valence-corrected chi connectivity index (χ2v) is 5.86. The number of amides is 1. The Morgan fingerprint density at radius 3 is 2.35 bits per heavy atom. The highest BCUT2D eigenvalue weighted by Gasteiger charge is 2.30. The number of nitrogens with zero attached hydrogens (tertiary/aromatic N) is 3. The van der Waals surface area contributed by atoms with Crippen molar-refractivity contribution in [3.63, 3.8) is 0 Å². The maximum absolute atomic E-state index is 12.8. The highest BCUT2D eigenvalue weighted by Crippen LogP contribution is 2.29. The molecule has 1 heterocycles. The topological polar surface area (TPSA) is 47.9 Å². The lowest BCUT2D eigenvalue weighted by atomic mass is 10.1. The van der Waals surface area contributed by atoms with Crippen molar-refractivity contribution in [3.8, 4) is 0 Å². The first-order chi connectivity index (χ1) is 11.8. The summed E-state index contributed by atoms with van der Waals surface area (Å²) in [6.07, 6.45) is -4.35. The number of carbonyl (C=O) groups is 1. The molecule has 1 amide bonds. The monoisotopic (exact) mass is 484 g/mol. The van der Waals surface area contributed by atoms with E-state index in [0.29, 0.717) is 44.2 Å². The molecule has 1 fully saturated rings. The number of rotatable bonds is 3. The molecule has 0 saturated carbocycles. The average molecular weight is 484 g/mol. The van der Waals surface area contributed by atoms with E-state index in [1.54, 1.807) is 17.9 Å². The number of carbonyl (C=O) groups excluding carboxylic acids is 1. The van der Waals surface area contributed by atoms with Crippen LogP contribution in [0, 0.1) is 0 Å². The van der Waals surface area contributed by atoms with Crippen molar-refractivity contribution in [3.05, 3.63) is 35.4 Å². The standard InChI is InChI=1S/C17H23F3N4O.HI/c1-3-21-16(24-9-7-23(8-10-24)13(2)25)22-12-14-5-4-6-15(11-14)17(18,19)20;/h4-6,11H,3,7-10,12H2,1-2H3,(H,21,22);1H. The lowest BCUT2D eigenvalue weighted by Crippen LogP contribution is -2.53. The van der Waals surface area contributed by atoms with Gasteiger partial charge < -0.3 is 15.1 Å². The molecule has 1 aromatic rings. The summed E-state index contributed by atoms with van der Waals surface area (Å²) >= 11 is 0. The number of aliphatic imine (C=N–C) groups is 1. The van der Waals surface area contributed by atoms with Crippen LogP contribution < -0.4 is 5.32 Å². The number of hydrogen-bond donors (Lipinski definition) is 1. The van der Waals surface area contributed by atoms with Gasteiger partial charge in [0.15, 0.2) is 5.96 Å². The van der Waals surface area contributed by atoms with Gasteiger partial charge in [-0.1, -0.05) is 12.1 Å². The molecule has 9 heteroatoms. The number of alkyl halides is 3. The quantitative estimate of drug-likeness (QED) is 0.408. The van der Waals surface area contributed by atoms with Crippen LogP contribution in [0.3, 0.4) is 0 Å². The zero-order valence-electron chi connectivity index (χ0n) is 14.8. The van der Waals surface area contributed by atoms with Crippen LogP contribution in [-0.4, -0.2) is 54.4 Å². The largest absolute Gasteiger partial charge is 0.416 e. The Balaban J connectivity index is 0.00000338. The number of piperazine rings is 1. The maximum Gasteiger partial charge on any atom is 0.416 e. The van der Waals surface area contributed by atoms with Crippen LogP contribution >= 0.6 is 24.0 Å². The summed E-state index contributed by atoms with van der Waals surface area (Å²) in [5, 5.41) is 3.16. The minimum absolute atomic E-state index is 0. The van der Waals surface area contributed by atoms with E-state index >= 15 is 0 Å². The molecule has 1 aromatic carbocycles. The van der Waals surface area contributed by atoms with E-state index in [-0.39, 0.29) is 36.4 Å². The molecular weight excluding hydrogens is 460 g/mol. The molecule has 1 aliphatic heterocycles. The van der Waals surface area contributed by atoms with Crippen molar-refractivity contribution in [1.82, 2.24) is 15.1 Å². The first kappa shape index (κ1) is 22.5. The average Bonchev–Trinajstić information content (AvgIpc) is 2.58. The van der Waals surface area contributed by atoms with Crippen molar-refractivity contribution in [2.75, 3.05) is 32.7 Å². The first-order valence-corrected chi connectivity index (χ1v) is 8.26. The zero-order valence-corrected chi connectivity index (χ0v) is 17.2. The summed E-state index contributed by atoms with van der Waals surface area (Å²) in [5.74, 6) is 0.702. The van der Waals surface area contributed by atoms with Gasteiger partial charge in [-0.05, 0) is 24.6 Å². The summed E-state index contributed by atoms with van der Waals surface area (Å²) in [5.41, 5.74) is -0.159. The van der Waals surface area contributed by atoms with Crippen molar-refractivity contribution < 1.29 is 18.0 Å². The first-order valence-electron chi connectivity index (χ1n) is 8.26. The zero-order chi connectivity index (χ0) is 18.4. The van der Waals surface area contributed by atoms with Gasteiger partial charge in [0.05, 0.1) is 12.1 Å². The van der Waals surface area contributed by atoms with Crippen molar-refractivity contribution >= 4 is 35.8 Å². The Morgan fingerprint density at radius 1 is 1.19 bits per heavy atom. The van der Waals surface area contributed by atoms with Crippen LogP contribution in [0.1, 0.15) is 25.0 Å². The van der Waals surface area contributed by atoms with Crippen LogP contribution in [0.2, 0.25) is 0 Å². The van der Waals surface area contributed by atoms with E-state index in [1.807, 2.05) is 11.8 Å². The molecule has 0 unspecified atom stereocenters. The molecule has 0 bridgehead atoms. The molecule has 0 aliphatic carbocycles. The van der Waals surface area contributed by atoms with Gasteiger partial charge in [-0.2, -0.15) is 13.2 Å². The number of halogens is 4. The molecule has 5 nitrogen and oxygen atoms in total. The summed E-state index contributed by atoms with van der Waals surface area (Å²) in [7, 11) is 0. The molecule has 2 rings (SSSR count). The van der Waals surface area contributed by atoms with Gasteiger partial charge in [-0.25, -0.2) is 4.99 Å².